The fourth-order valence-electron chi connectivity index (χ4n) is 3.22. The van der Waals surface area contributed by atoms with Crippen LogP contribution in [0.1, 0.15) is 41.1 Å². The van der Waals surface area contributed by atoms with E-state index in [9.17, 15) is 31.2 Å². The van der Waals surface area contributed by atoms with Crippen molar-refractivity contribution in [3.63, 3.8) is 0 Å². The second-order valence-corrected chi connectivity index (χ2v) is 9.18. The van der Waals surface area contributed by atoms with E-state index in [2.05, 4.69) is 5.32 Å². The first-order chi connectivity index (χ1) is 13.4. The van der Waals surface area contributed by atoms with E-state index >= 15 is 0 Å². The van der Waals surface area contributed by atoms with Gasteiger partial charge in [-0.15, -0.1) is 0 Å². The van der Waals surface area contributed by atoms with Crippen LogP contribution in [0.5, 0.6) is 5.75 Å². The van der Waals surface area contributed by atoms with E-state index in [4.69, 9.17) is 10.5 Å². The number of amides is 2. The van der Waals surface area contributed by atoms with Gasteiger partial charge >= 0.3 is 6.18 Å². The lowest BCUT2D eigenvalue weighted by Crippen LogP contribution is -2.51. The van der Waals surface area contributed by atoms with Crippen molar-refractivity contribution in [2.24, 2.45) is 5.73 Å². The first kappa shape index (κ1) is 21.2. The van der Waals surface area contributed by atoms with E-state index in [1.807, 2.05) is 0 Å². The van der Waals surface area contributed by atoms with Gasteiger partial charge in [0.15, 0.2) is 16.4 Å². The molecule has 1 unspecified atom stereocenters. The summed E-state index contributed by atoms with van der Waals surface area (Å²) in [6.45, 7) is -1.50. The maximum absolute atomic E-state index is 12.7. The molecule has 1 aliphatic heterocycles. The third kappa shape index (κ3) is 5.49. The Morgan fingerprint density at radius 1 is 1.28 bits per heavy atom. The van der Waals surface area contributed by atoms with Gasteiger partial charge in [-0.2, -0.15) is 13.2 Å². The number of benzene rings is 1. The molecule has 0 aromatic heterocycles. The molecule has 1 saturated carbocycles. The Hall–Kier alpha value is -2.56. The summed E-state index contributed by atoms with van der Waals surface area (Å²) in [6, 6.07) is 4.15. The summed E-state index contributed by atoms with van der Waals surface area (Å²) in [4.78, 5) is 24.0. The van der Waals surface area contributed by atoms with Gasteiger partial charge in [-0.25, -0.2) is 8.42 Å². The highest BCUT2D eigenvalue weighted by molar-refractivity contribution is 7.94. The number of carbonyl (C=O) groups excluding carboxylic acids is 2. The molecule has 1 atom stereocenters. The van der Waals surface area contributed by atoms with Crippen molar-refractivity contribution >= 4 is 21.7 Å². The number of nitrogens with one attached hydrogen (secondary N) is 1. The maximum Gasteiger partial charge on any atom is 0.422 e. The summed E-state index contributed by atoms with van der Waals surface area (Å²) < 4.78 is 66.1. The second-order valence-electron chi connectivity index (χ2n) is 7.29. The average Bonchev–Trinajstić information content (AvgIpc) is 3.37. The fourth-order valence-corrected chi connectivity index (χ4v) is 4.77. The van der Waals surface area contributed by atoms with Crippen molar-refractivity contribution in [2.75, 3.05) is 12.4 Å². The molecule has 2 aliphatic rings. The summed E-state index contributed by atoms with van der Waals surface area (Å²) in [6.07, 6.45) is -2.15. The lowest BCUT2D eigenvalue weighted by molar-refractivity contribution is -0.153. The Balaban J connectivity index is 1.84. The van der Waals surface area contributed by atoms with Crippen LogP contribution in [0.4, 0.5) is 13.2 Å². The van der Waals surface area contributed by atoms with Crippen molar-refractivity contribution in [2.45, 2.75) is 36.9 Å². The molecule has 0 bridgehead atoms. The minimum atomic E-state index is -4.53. The van der Waals surface area contributed by atoms with Crippen molar-refractivity contribution in [1.29, 1.82) is 0 Å². The molecule has 1 aliphatic carbocycles. The van der Waals surface area contributed by atoms with Crippen molar-refractivity contribution in [3.8, 4) is 5.75 Å². The van der Waals surface area contributed by atoms with Crippen LogP contribution in [0.2, 0.25) is 0 Å². The van der Waals surface area contributed by atoms with Crippen molar-refractivity contribution in [1.82, 2.24) is 5.32 Å². The van der Waals surface area contributed by atoms with Crippen LogP contribution in [0.25, 0.3) is 0 Å². The van der Waals surface area contributed by atoms with Crippen LogP contribution in [-0.2, 0) is 14.6 Å². The van der Waals surface area contributed by atoms with Gasteiger partial charge < -0.3 is 15.8 Å². The van der Waals surface area contributed by atoms with E-state index in [0.29, 0.717) is 5.56 Å². The van der Waals surface area contributed by atoms with Gasteiger partial charge in [0.2, 0.25) is 5.91 Å². The molecule has 7 nitrogen and oxygen atoms in total. The number of primary amides is 1. The zero-order chi connectivity index (χ0) is 21.4. The highest BCUT2D eigenvalue weighted by atomic mass is 32.2. The Bertz CT molecular complexity index is 970. The van der Waals surface area contributed by atoms with Gasteiger partial charge in [0.05, 0.1) is 17.7 Å². The third-order valence-electron chi connectivity index (χ3n) is 4.59. The van der Waals surface area contributed by atoms with Gasteiger partial charge in [-0.3, -0.25) is 9.59 Å². The molecule has 3 rings (SSSR count). The maximum atomic E-state index is 12.7. The minimum Gasteiger partial charge on any atom is -0.484 e. The molecule has 1 aromatic carbocycles. The largest absolute Gasteiger partial charge is 0.484 e. The lowest BCUT2D eigenvalue weighted by atomic mass is 9.96. The number of carbonyl (C=O) groups is 2. The number of alkyl halides is 3. The van der Waals surface area contributed by atoms with Gasteiger partial charge in [0.1, 0.15) is 5.75 Å². The molecular weight excluding hydrogens is 413 g/mol. The van der Waals surface area contributed by atoms with Crippen molar-refractivity contribution < 1.29 is 35.9 Å². The first-order valence-electron chi connectivity index (χ1n) is 8.74. The minimum absolute atomic E-state index is 0.0203. The van der Waals surface area contributed by atoms with Crippen LogP contribution in [-0.4, -0.2) is 44.3 Å². The number of nitrogens with two attached hydrogens (primary N) is 1. The topological polar surface area (TPSA) is 116 Å². The van der Waals surface area contributed by atoms with Gasteiger partial charge in [0, 0.05) is 11.0 Å². The number of halogens is 3. The molecule has 29 heavy (non-hydrogen) atoms. The number of hydrogen-bond donors (Lipinski definition) is 2. The second kappa shape index (κ2) is 7.36. The molecule has 11 heteroatoms. The monoisotopic (exact) mass is 432 g/mol. The number of rotatable bonds is 7. The van der Waals surface area contributed by atoms with Crippen LogP contribution in [0.15, 0.2) is 29.7 Å². The smallest absolute Gasteiger partial charge is 0.422 e. The zero-order valence-electron chi connectivity index (χ0n) is 15.2. The Morgan fingerprint density at radius 3 is 2.48 bits per heavy atom. The molecule has 0 radical (unpaired) electrons. The average molecular weight is 432 g/mol. The molecule has 158 valence electrons. The van der Waals surface area contributed by atoms with Gasteiger partial charge in [-0.05, 0) is 42.5 Å². The summed E-state index contributed by atoms with van der Waals surface area (Å²) in [5, 5.41) is 3.37. The lowest BCUT2D eigenvalue weighted by Gasteiger charge is -2.26. The van der Waals surface area contributed by atoms with E-state index < -0.39 is 52.1 Å². The SMILES string of the molecule is NC(=O)CC1(NC(=O)c2ccc(C3CC3)c(OCC(F)(F)F)c2)C=CS(=O)(=O)C1. The molecule has 1 fully saturated rings. The summed E-state index contributed by atoms with van der Waals surface area (Å²) >= 11 is 0. The zero-order valence-corrected chi connectivity index (χ0v) is 16.0. The molecule has 1 aromatic rings. The summed E-state index contributed by atoms with van der Waals surface area (Å²) in [5.74, 6) is -2.07. The van der Waals surface area contributed by atoms with Gasteiger partial charge in [0.25, 0.3) is 5.91 Å². The highest BCUT2D eigenvalue weighted by Gasteiger charge is 2.40. The summed E-state index contributed by atoms with van der Waals surface area (Å²) in [5.41, 5.74) is 4.23. The molecule has 1 heterocycles. The van der Waals surface area contributed by atoms with E-state index in [0.717, 1.165) is 18.2 Å². The van der Waals surface area contributed by atoms with Crippen LogP contribution < -0.4 is 15.8 Å². The van der Waals surface area contributed by atoms with E-state index in [1.54, 1.807) is 0 Å². The number of sulfone groups is 1. The Morgan fingerprint density at radius 2 is 1.97 bits per heavy atom. The van der Waals surface area contributed by atoms with Crippen LogP contribution >= 0.6 is 0 Å². The Kier molecular flexibility index (Phi) is 5.37. The normalized spacial score (nSPS) is 23.0. The molecular formula is C18H19F3N2O5S. The third-order valence-corrected chi connectivity index (χ3v) is 6.06. The first-order valence-corrected chi connectivity index (χ1v) is 10.5. The molecule has 2 amide bonds. The van der Waals surface area contributed by atoms with Crippen LogP contribution in [0, 0.1) is 0 Å². The van der Waals surface area contributed by atoms with E-state index in [-0.39, 0.29) is 17.2 Å². The summed E-state index contributed by atoms with van der Waals surface area (Å²) in [7, 11) is -3.62. The molecule has 0 spiro atoms. The van der Waals surface area contributed by atoms with Crippen molar-refractivity contribution in [3.05, 3.63) is 40.8 Å². The fraction of sp³-hybridized carbons (Fsp3) is 0.444. The quantitative estimate of drug-likeness (QED) is 0.682. The standard InChI is InChI=1S/C18H19F3N2O5S/c19-18(20,21)9-28-14-7-12(3-4-13(14)11-1-2-11)16(25)23-17(8-15(22)24)5-6-29(26,27)10-17/h3-7,11H,1-2,8-10H2,(H2,22,24)(H,23,25). The van der Waals surface area contributed by atoms with Gasteiger partial charge in [-0.1, -0.05) is 6.07 Å². The predicted octanol–water partition coefficient (Wildman–Crippen LogP) is 1.79. The van der Waals surface area contributed by atoms with Crippen LogP contribution in [0.3, 0.4) is 0 Å². The highest BCUT2D eigenvalue weighted by Crippen LogP contribution is 2.44. The molecule has 0 saturated heterocycles. The Labute approximate surface area is 165 Å². The predicted molar refractivity (Wildman–Crippen MR) is 96.9 cm³/mol. The number of ether oxygens (including phenoxy) is 1. The molecule has 3 N–H and O–H groups in total. The van der Waals surface area contributed by atoms with E-state index in [1.165, 1.54) is 24.3 Å². The number of hydrogen-bond acceptors (Lipinski definition) is 5.